The fourth-order valence-corrected chi connectivity index (χ4v) is 3.45. The maximum absolute atomic E-state index is 13.7. The lowest BCUT2D eigenvalue weighted by atomic mass is 9.86. The van der Waals surface area contributed by atoms with Crippen molar-refractivity contribution in [3.8, 4) is 0 Å². The molecule has 110 valence electrons. The molecule has 0 spiro atoms. The van der Waals surface area contributed by atoms with Crippen molar-refractivity contribution in [2.45, 2.75) is 31.7 Å². The summed E-state index contributed by atoms with van der Waals surface area (Å²) in [5.41, 5.74) is -0.300. The van der Waals surface area contributed by atoms with E-state index in [9.17, 15) is 13.6 Å². The highest BCUT2D eigenvalue weighted by Gasteiger charge is 2.27. The fourth-order valence-electron chi connectivity index (χ4n) is 2.53. The Bertz CT molecular complexity index is 512. The Kier molecular flexibility index (Phi) is 5.38. The fraction of sp³-hybridized carbons (Fsp3) is 0.500. The standard InChI is InChI=1S/C14H15BrClF2NO/c15-7-8-3-1-2-4-13(8)19-14(20)9-5-12(18)10(16)6-11(9)17/h5-6,8,13H,1-4,7H2,(H,19,20). The van der Waals surface area contributed by atoms with Gasteiger partial charge >= 0.3 is 0 Å². The molecule has 0 radical (unpaired) electrons. The number of hydrogen-bond donors (Lipinski definition) is 1. The van der Waals surface area contributed by atoms with E-state index < -0.39 is 17.5 Å². The first kappa shape index (κ1) is 15.7. The predicted octanol–water partition coefficient (Wildman–Crippen LogP) is 4.30. The van der Waals surface area contributed by atoms with E-state index in [0.29, 0.717) is 5.92 Å². The van der Waals surface area contributed by atoms with E-state index in [1.54, 1.807) is 0 Å². The minimum atomic E-state index is -0.805. The van der Waals surface area contributed by atoms with E-state index in [1.165, 1.54) is 0 Å². The summed E-state index contributed by atoms with van der Waals surface area (Å²) in [5, 5.41) is 3.27. The predicted molar refractivity (Wildman–Crippen MR) is 78.4 cm³/mol. The first-order valence-corrected chi connectivity index (χ1v) is 8.04. The molecule has 2 unspecified atom stereocenters. The summed E-state index contributed by atoms with van der Waals surface area (Å²) in [6, 6.07) is 1.67. The number of carbonyl (C=O) groups excluding carboxylic acids is 1. The van der Waals surface area contributed by atoms with Crippen LogP contribution in [0.15, 0.2) is 12.1 Å². The van der Waals surface area contributed by atoms with Gasteiger partial charge in [-0.3, -0.25) is 4.79 Å². The average Bonchev–Trinajstić information content (AvgIpc) is 2.43. The Morgan fingerprint density at radius 3 is 2.70 bits per heavy atom. The third-order valence-electron chi connectivity index (χ3n) is 3.68. The normalized spacial score (nSPS) is 22.6. The smallest absolute Gasteiger partial charge is 0.254 e. The topological polar surface area (TPSA) is 29.1 Å². The molecule has 1 fully saturated rings. The van der Waals surface area contributed by atoms with E-state index in [0.717, 1.165) is 43.1 Å². The molecule has 2 rings (SSSR count). The van der Waals surface area contributed by atoms with Gasteiger partial charge in [-0.05, 0) is 30.9 Å². The van der Waals surface area contributed by atoms with Crippen LogP contribution in [-0.2, 0) is 0 Å². The van der Waals surface area contributed by atoms with E-state index >= 15 is 0 Å². The van der Waals surface area contributed by atoms with Crippen LogP contribution < -0.4 is 5.32 Å². The van der Waals surface area contributed by atoms with Gasteiger partial charge in [0.2, 0.25) is 0 Å². The van der Waals surface area contributed by atoms with Gasteiger partial charge in [0.25, 0.3) is 5.91 Å². The molecule has 0 saturated heterocycles. The summed E-state index contributed by atoms with van der Waals surface area (Å²) < 4.78 is 27.0. The second-order valence-electron chi connectivity index (χ2n) is 5.02. The van der Waals surface area contributed by atoms with Crippen LogP contribution in [0, 0.1) is 17.6 Å². The number of hydrogen-bond acceptors (Lipinski definition) is 1. The lowest BCUT2D eigenvalue weighted by molar-refractivity contribution is 0.0907. The lowest BCUT2D eigenvalue weighted by Crippen LogP contribution is -2.43. The van der Waals surface area contributed by atoms with Gasteiger partial charge in [0, 0.05) is 11.4 Å². The van der Waals surface area contributed by atoms with E-state index in [1.807, 2.05) is 0 Å². The monoisotopic (exact) mass is 365 g/mol. The molecule has 1 aromatic rings. The molecule has 1 N–H and O–H groups in total. The Labute approximate surface area is 130 Å². The molecule has 0 aliphatic heterocycles. The lowest BCUT2D eigenvalue weighted by Gasteiger charge is -2.31. The van der Waals surface area contributed by atoms with Crippen LogP contribution in [0.5, 0.6) is 0 Å². The molecular formula is C14H15BrClF2NO. The SMILES string of the molecule is O=C(NC1CCCCC1CBr)c1cc(F)c(Cl)cc1F. The van der Waals surface area contributed by atoms with E-state index in [4.69, 9.17) is 11.6 Å². The number of alkyl halides is 1. The number of benzene rings is 1. The van der Waals surface area contributed by atoms with Crippen molar-refractivity contribution in [1.29, 1.82) is 0 Å². The maximum atomic E-state index is 13.7. The number of halogens is 4. The molecule has 0 aromatic heterocycles. The van der Waals surface area contributed by atoms with Gasteiger partial charge in [-0.15, -0.1) is 0 Å². The summed E-state index contributed by atoms with van der Waals surface area (Å²) in [5.74, 6) is -1.86. The average molecular weight is 367 g/mol. The third kappa shape index (κ3) is 3.50. The Hall–Kier alpha value is -0.680. The molecule has 2 nitrogen and oxygen atoms in total. The maximum Gasteiger partial charge on any atom is 0.254 e. The van der Waals surface area contributed by atoms with Crippen LogP contribution in [0.25, 0.3) is 0 Å². The highest BCUT2D eigenvalue weighted by Crippen LogP contribution is 2.26. The van der Waals surface area contributed by atoms with Crippen LogP contribution >= 0.6 is 27.5 Å². The second-order valence-corrected chi connectivity index (χ2v) is 6.08. The number of amides is 1. The van der Waals surface area contributed by atoms with Gasteiger partial charge < -0.3 is 5.32 Å². The summed E-state index contributed by atoms with van der Waals surface area (Å²) >= 11 is 8.91. The molecule has 1 aliphatic carbocycles. The Balaban J connectivity index is 2.13. The molecular weight excluding hydrogens is 352 g/mol. The number of rotatable bonds is 3. The molecule has 0 bridgehead atoms. The van der Waals surface area contributed by atoms with Gasteiger partial charge in [0.05, 0.1) is 10.6 Å². The molecule has 0 heterocycles. The zero-order chi connectivity index (χ0) is 14.7. The molecule has 1 saturated carbocycles. The van der Waals surface area contributed by atoms with Crippen molar-refractivity contribution in [2.75, 3.05) is 5.33 Å². The quantitative estimate of drug-likeness (QED) is 0.627. The largest absolute Gasteiger partial charge is 0.349 e. The minimum Gasteiger partial charge on any atom is -0.349 e. The first-order valence-electron chi connectivity index (χ1n) is 6.54. The van der Waals surface area contributed by atoms with Crippen LogP contribution in [-0.4, -0.2) is 17.3 Å². The van der Waals surface area contributed by atoms with E-state index in [2.05, 4.69) is 21.2 Å². The second kappa shape index (κ2) is 6.85. The molecule has 6 heteroatoms. The number of carbonyl (C=O) groups is 1. The van der Waals surface area contributed by atoms with Crippen molar-refractivity contribution >= 4 is 33.4 Å². The van der Waals surface area contributed by atoms with E-state index in [-0.39, 0.29) is 16.6 Å². The van der Waals surface area contributed by atoms with Gasteiger partial charge in [0.15, 0.2) is 0 Å². The van der Waals surface area contributed by atoms with Gasteiger partial charge in [0.1, 0.15) is 11.6 Å². The first-order chi connectivity index (χ1) is 9.52. The summed E-state index contributed by atoms with van der Waals surface area (Å²) in [6.45, 7) is 0. The van der Waals surface area contributed by atoms with Crippen LogP contribution in [0.3, 0.4) is 0 Å². The molecule has 1 aromatic carbocycles. The van der Waals surface area contributed by atoms with Gasteiger partial charge in [-0.25, -0.2) is 8.78 Å². The summed E-state index contributed by atoms with van der Waals surface area (Å²) in [4.78, 5) is 12.1. The van der Waals surface area contributed by atoms with Crippen molar-refractivity contribution in [3.05, 3.63) is 34.4 Å². The molecule has 1 amide bonds. The van der Waals surface area contributed by atoms with Crippen molar-refractivity contribution in [1.82, 2.24) is 5.32 Å². The number of nitrogens with one attached hydrogen (secondary N) is 1. The Morgan fingerprint density at radius 2 is 2.00 bits per heavy atom. The zero-order valence-corrected chi connectivity index (χ0v) is 13.1. The van der Waals surface area contributed by atoms with Crippen LogP contribution in [0.4, 0.5) is 8.78 Å². The zero-order valence-electron chi connectivity index (χ0n) is 10.8. The van der Waals surface area contributed by atoms with Crippen LogP contribution in [0.1, 0.15) is 36.0 Å². The summed E-state index contributed by atoms with van der Waals surface area (Å²) in [6.07, 6.45) is 4.05. The summed E-state index contributed by atoms with van der Waals surface area (Å²) in [7, 11) is 0. The highest BCUT2D eigenvalue weighted by atomic mass is 79.9. The Morgan fingerprint density at radius 1 is 1.30 bits per heavy atom. The van der Waals surface area contributed by atoms with Crippen molar-refractivity contribution < 1.29 is 13.6 Å². The van der Waals surface area contributed by atoms with Crippen LogP contribution in [0.2, 0.25) is 5.02 Å². The van der Waals surface area contributed by atoms with Gasteiger partial charge in [-0.1, -0.05) is 40.4 Å². The minimum absolute atomic E-state index is 0.00577. The highest BCUT2D eigenvalue weighted by molar-refractivity contribution is 9.09. The van der Waals surface area contributed by atoms with Crippen molar-refractivity contribution in [2.24, 2.45) is 5.92 Å². The molecule has 1 aliphatic rings. The van der Waals surface area contributed by atoms with Gasteiger partial charge in [-0.2, -0.15) is 0 Å². The molecule has 2 atom stereocenters. The third-order valence-corrected chi connectivity index (χ3v) is 4.80. The van der Waals surface area contributed by atoms with Crippen molar-refractivity contribution in [3.63, 3.8) is 0 Å². The molecule has 20 heavy (non-hydrogen) atoms.